The zero-order chi connectivity index (χ0) is 11.4. The maximum atomic E-state index is 12.1. The lowest BCUT2D eigenvalue weighted by Crippen LogP contribution is -2.45. The van der Waals surface area contributed by atoms with Crippen molar-refractivity contribution in [3.05, 3.63) is 0 Å². The summed E-state index contributed by atoms with van der Waals surface area (Å²) in [5.74, 6) is 0.387. The molecule has 1 atom stereocenters. The van der Waals surface area contributed by atoms with Crippen LogP contribution in [0.5, 0.6) is 0 Å². The molecule has 1 unspecified atom stereocenters. The van der Waals surface area contributed by atoms with Crippen molar-refractivity contribution in [3.8, 4) is 0 Å². The Morgan fingerprint density at radius 2 is 1.56 bits per heavy atom. The molecule has 0 bridgehead atoms. The first-order valence-electron chi connectivity index (χ1n) is 6.99. The molecule has 2 fully saturated rings. The normalized spacial score (nSPS) is 34.4. The summed E-state index contributed by atoms with van der Waals surface area (Å²) in [6, 6.07) is 0. The minimum absolute atomic E-state index is 0.136. The van der Waals surface area contributed by atoms with Gasteiger partial charge in [-0.05, 0) is 31.6 Å². The van der Waals surface area contributed by atoms with Crippen molar-refractivity contribution in [1.82, 2.24) is 0 Å². The topological polar surface area (TPSA) is 37.3 Å². The molecule has 16 heavy (non-hydrogen) atoms. The Hall–Kier alpha value is -0.370. The number of carbonyl (C=O) groups excluding carboxylic acids is 1. The highest BCUT2D eigenvalue weighted by Gasteiger charge is 2.42. The smallest absolute Gasteiger partial charge is 0.164 e. The molecule has 2 aliphatic rings. The van der Waals surface area contributed by atoms with Crippen molar-refractivity contribution in [2.24, 2.45) is 5.92 Å². The summed E-state index contributed by atoms with van der Waals surface area (Å²) in [6.45, 7) is 0. The zero-order valence-electron chi connectivity index (χ0n) is 10.2. The van der Waals surface area contributed by atoms with Gasteiger partial charge in [-0.2, -0.15) is 0 Å². The number of hydrogen-bond acceptors (Lipinski definition) is 2. The number of hydrogen-bond donors (Lipinski definition) is 1. The molecule has 0 radical (unpaired) electrons. The van der Waals surface area contributed by atoms with Crippen molar-refractivity contribution in [2.75, 3.05) is 0 Å². The predicted octanol–water partition coefficient (Wildman–Crippen LogP) is 3.22. The molecule has 0 aliphatic heterocycles. The van der Waals surface area contributed by atoms with Crippen molar-refractivity contribution >= 4 is 5.78 Å². The van der Waals surface area contributed by atoms with Gasteiger partial charge in [0.1, 0.15) is 5.60 Å². The van der Waals surface area contributed by atoms with E-state index in [4.69, 9.17) is 0 Å². The fourth-order valence-electron chi connectivity index (χ4n) is 3.40. The van der Waals surface area contributed by atoms with Gasteiger partial charge < -0.3 is 5.11 Å². The molecular formula is C14H24O2. The first-order valence-corrected chi connectivity index (χ1v) is 6.99. The van der Waals surface area contributed by atoms with Crippen LogP contribution in [0, 0.1) is 5.92 Å². The van der Waals surface area contributed by atoms with Crippen molar-refractivity contribution < 1.29 is 9.90 Å². The van der Waals surface area contributed by atoms with E-state index in [0.29, 0.717) is 6.42 Å². The van der Waals surface area contributed by atoms with E-state index in [1.165, 1.54) is 25.7 Å². The van der Waals surface area contributed by atoms with Gasteiger partial charge in [-0.25, -0.2) is 0 Å². The van der Waals surface area contributed by atoms with Gasteiger partial charge in [0.25, 0.3) is 0 Å². The minimum atomic E-state index is -0.957. The number of Topliss-reactive ketones (excluding diaryl/α,β-unsaturated/α-hetero) is 1. The Labute approximate surface area is 98.4 Å². The summed E-state index contributed by atoms with van der Waals surface area (Å²) < 4.78 is 0. The van der Waals surface area contributed by atoms with E-state index in [0.717, 1.165) is 38.5 Å². The second kappa shape index (κ2) is 5.31. The fourth-order valence-corrected chi connectivity index (χ4v) is 3.40. The van der Waals surface area contributed by atoms with Crippen LogP contribution in [0.4, 0.5) is 0 Å². The average molecular weight is 224 g/mol. The number of aliphatic hydroxyl groups is 1. The molecule has 2 rings (SSSR count). The molecule has 2 saturated carbocycles. The van der Waals surface area contributed by atoms with E-state index in [1.807, 2.05) is 0 Å². The second-order valence-corrected chi connectivity index (χ2v) is 5.60. The van der Waals surface area contributed by atoms with E-state index in [-0.39, 0.29) is 11.7 Å². The zero-order valence-corrected chi connectivity index (χ0v) is 10.2. The molecule has 92 valence electrons. The Balaban J connectivity index is 2.10. The van der Waals surface area contributed by atoms with Gasteiger partial charge in [0.15, 0.2) is 5.78 Å². The SMILES string of the molecule is O=C1CCCCCC1(O)C1CCCCCC1. The van der Waals surface area contributed by atoms with Gasteiger partial charge in [0.05, 0.1) is 0 Å². The van der Waals surface area contributed by atoms with Crippen LogP contribution in [0.2, 0.25) is 0 Å². The third-order valence-electron chi connectivity index (χ3n) is 4.48. The Kier molecular flexibility index (Phi) is 4.01. The maximum absolute atomic E-state index is 12.1. The van der Waals surface area contributed by atoms with E-state index >= 15 is 0 Å². The van der Waals surface area contributed by atoms with Crippen LogP contribution in [0.15, 0.2) is 0 Å². The highest BCUT2D eigenvalue weighted by molar-refractivity contribution is 5.87. The van der Waals surface area contributed by atoms with Crippen molar-refractivity contribution in [2.45, 2.75) is 76.2 Å². The first-order chi connectivity index (χ1) is 7.73. The van der Waals surface area contributed by atoms with Crippen LogP contribution in [-0.4, -0.2) is 16.5 Å². The third kappa shape index (κ3) is 2.48. The lowest BCUT2D eigenvalue weighted by molar-refractivity contribution is -0.144. The van der Waals surface area contributed by atoms with Gasteiger partial charge in [-0.1, -0.05) is 38.5 Å². The summed E-state index contributed by atoms with van der Waals surface area (Å²) in [4.78, 5) is 12.1. The fraction of sp³-hybridized carbons (Fsp3) is 0.929. The molecule has 2 nitrogen and oxygen atoms in total. The van der Waals surface area contributed by atoms with Crippen LogP contribution < -0.4 is 0 Å². The molecule has 0 saturated heterocycles. The standard InChI is InChI=1S/C14H24O2/c15-13-10-6-3-7-11-14(13,16)12-8-4-1-2-5-9-12/h12,16H,1-11H2. The Morgan fingerprint density at radius 1 is 0.938 bits per heavy atom. The summed E-state index contributed by atoms with van der Waals surface area (Å²) in [5.41, 5.74) is -0.957. The predicted molar refractivity (Wildman–Crippen MR) is 64.2 cm³/mol. The third-order valence-corrected chi connectivity index (χ3v) is 4.48. The molecule has 0 spiro atoms. The molecular weight excluding hydrogens is 200 g/mol. The van der Waals surface area contributed by atoms with Crippen LogP contribution in [-0.2, 0) is 4.79 Å². The number of ketones is 1. The second-order valence-electron chi connectivity index (χ2n) is 5.60. The number of rotatable bonds is 1. The molecule has 2 aliphatic carbocycles. The van der Waals surface area contributed by atoms with Crippen LogP contribution in [0.25, 0.3) is 0 Å². The van der Waals surface area contributed by atoms with E-state index in [9.17, 15) is 9.90 Å². The summed E-state index contributed by atoms with van der Waals surface area (Å²) in [6.07, 6.45) is 11.5. The molecule has 0 amide bonds. The van der Waals surface area contributed by atoms with E-state index in [2.05, 4.69) is 0 Å². The molecule has 0 aromatic heterocycles. The Bertz CT molecular complexity index is 241. The lowest BCUT2D eigenvalue weighted by Gasteiger charge is -2.33. The van der Waals surface area contributed by atoms with Crippen LogP contribution >= 0.6 is 0 Å². The minimum Gasteiger partial charge on any atom is -0.382 e. The average Bonchev–Trinajstić information content (AvgIpc) is 2.63. The first kappa shape index (κ1) is 12.1. The molecule has 0 aromatic carbocycles. The summed E-state index contributed by atoms with van der Waals surface area (Å²) in [7, 11) is 0. The van der Waals surface area contributed by atoms with Gasteiger partial charge in [0, 0.05) is 6.42 Å². The van der Waals surface area contributed by atoms with Gasteiger partial charge >= 0.3 is 0 Å². The number of carbonyl (C=O) groups is 1. The molecule has 2 heteroatoms. The van der Waals surface area contributed by atoms with Gasteiger partial charge in [-0.3, -0.25) is 4.79 Å². The van der Waals surface area contributed by atoms with Crippen molar-refractivity contribution in [3.63, 3.8) is 0 Å². The van der Waals surface area contributed by atoms with Crippen LogP contribution in [0.1, 0.15) is 70.6 Å². The highest BCUT2D eigenvalue weighted by atomic mass is 16.3. The molecule has 0 heterocycles. The summed E-state index contributed by atoms with van der Waals surface area (Å²) >= 11 is 0. The van der Waals surface area contributed by atoms with Gasteiger partial charge in [-0.15, -0.1) is 0 Å². The van der Waals surface area contributed by atoms with Crippen molar-refractivity contribution in [1.29, 1.82) is 0 Å². The maximum Gasteiger partial charge on any atom is 0.164 e. The highest BCUT2D eigenvalue weighted by Crippen LogP contribution is 2.38. The quantitative estimate of drug-likeness (QED) is 0.694. The monoisotopic (exact) mass is 224 g/mol. The van der Waals surface area contributed by atoms with E-state index < -0.39 is 5.60 Å². The molecule has 0 aromatic rings. The van der Waals surface area contributed by atoms with Crippen LogP contribution in [0.3, 0.4) is 0 Å². The van der Waals surface area contributed by atoms with Gasteiger partial charge in [0.2, 0.25) is 0 Å². The Morgan fingerprint density at radius 3 is 2.25 bits per heavy atom. The summed E-state index contributed by atoms with van der Waals surface area (Å²) in [5, 5.41) is 10.7. The largest absolute Gasteiger partial charge is 0.382 e. The molecule has 1 N–H and O–H groups in total. The lowest BCUT2D eigenvalue weighted by atomic mass is 9.76. The van der Waals surface area contributed by atoms with E-state index in [1.54, 1.807) is 0 Å².